The minimum Gasteiger partial charge on any atom is -0.280 e. The van der Waals surface area contributed by atoms with Crippen LogP contribution in [0.1, 0.15) is 59.6 Å². The van der Waals surface area contributed by atoms with Gasteiger partial charge in [0.2, 0.25) is 0 Å². The van der Waals surface area contributed by atoms with Crippen molar-refractivity contribution in [1.29, 1.82) is 0 Å². The van der Waals surface area contributed by atoms with E-state index >= 15 is 0 Å². The van der Waals surface area contributed by atoms with Gasteiger partial charge in [0, 0.05) is 23.0 Å². The molecular formula is C25H26ClN5S. The van der Waals surface area contributed by atoms with Crippen molar-refractivity contribution in [3.8, 4) is 0 Å². The first kappa shape index (κ1) is 21.3. The minimum atomic E-state index is -0.0785. The molecule has 5 rings (SSSR count). The standard InChI is InChI=1S/C25H26ClN5S/c26-21-14-12-20(13-15-21)24(25-27-28-29-31(25)22-9-4-5-10-22)30(18-23-11-6-16-32-23)17-19-7-2-1-3-8-19/h1-3,6-8,11-16,22,24H,4-5,9-10,17-18H2/t24-/m0/s1. The van der Waals surface area contributed by atoms with Gasteiger partial charge in [-0.1, -0.05) is 73.0 Å². The molecule has 1 fully saturated rings. The lowest BCUT2D eigenvalue weighted by molar-refractivity contribution is 0.193. The Morgan fingerprint density at radius 3 is 2.47 bits per heavy atom. The summed E-state index contributed by atoms with van der Waals surface area (Å²) in [7, 11) is 0. The van der Waals surface area contributed by atoms with Crippen LogP contribution in [0.25, 0.3) is 0 Å². The summed E-state index contributed by atoms with van der Waals surface area (Å²) in [6.45, 7) is 1.61. The van der Waals surface area contributed by atoms with Gasteiger partial charge in [-0.3, -0.25) is 4.90 Å². The molecule has 0 aliphatic heterocycles. The van der Waals surface area contributed by atoms with Crippen LogP contribution < -0.4 is 0 Å². The third kappa shape index (κ3) is 4.77. The van der Waals surface area contributed by atoms with Crippen LogP contribution in [0.5, 0.6) is 0 Å². The van der Waals surface area contributed by atoms with Crippen molar-refractivity contribution in [3.05, 3.63) is 99.0 Å². The van der Waals surface area contributed by atoms with Crippen LogP contribution in [0.2, 0.25) is 5.02 Å². The van der Waals surface area contributed by atoms with Gasteiger partial charge in [0.25, 0.3) is 0 Å². The smallest absolute Gasteiger partial charge is 0.173 e. The number of nitrogens with zero attached hydrogens (tertiary/aromatic N) is 5. The number of aromatic nitrogens is 4. The van der Waals surface area contributed by atoms with E-state index in [1.54, 1.807) is 11.3 Å². The zero-order valence-electron chi connectivity index (χ0n) is 17.8. The monoisotopic (exact) mass is 463 g/mol. The molecule has 2 heterocycles. The van der Waals surface area contributed by atoms with Crippen LogP contribution in [0.3, 0.4) is 0 Å². The Labute approximate surface area is 197 Å². The number of tetrazole rings is 1. The second-order valence-electron chi connectivity index (χ2n) is 8.34. The average molecular weight is 464 g/mol. The molecule has 0 saturated heterocycles. The van der Waals surface area contributed by atoms with Gasteiger partial charge in [0.05, 0.1) is 12.1 Å². The summed E-state index contributed by atoms with van der Waals surface area (Å²) in [5.74, 6) is 0.909. The summed E-state index contributed by atoms with van der Waals surface area (Å²) >= 11 is 8.03. The van der Waals surface area contributed by atoms with E-state index < -0.39 is 0 Å². The van der Waals surface area contributed by atoms with Crippen LogP contribution in [0.15, 0.2) is 72.1 Å². The first-order valence-electron chi connectivity index (χ1n) is 11.1. The first-order valence-corrected chi connectivity index (χ1v) is 12.4. The highest BCUT2D eigenvalue weighted by Gasteiger charge is 2.31. The Morgan fingerprint density at radius 1 is 0.969 bits per heavy atom. The van der Waals surface area contributed by atoms with Crippen molar-refractivity contribution in [2.75, 3.05) is 0 Å². The number of benzene rings is 2. The zero-order valence-corrected chi connectivity index (χ0v) is 19.4. The van der Waals surface area contributed by atoms with E-state index in [0.717, 1.165) is 42.3 Å². The highest BCUT2D eigenvalue weighted by molar-refractivity contribution is 7.09. The molecule has 32 heavy (non-hydrogen) atoms. The number of thiophene rings is 1. The lowest BCUT2D eigenvalue weighted by Crippen LogP contribution is -2.31. The minimum absolute atomic E-state index is 0.0785. The molecule has 164 valence electrons. The average Bonchev–Trinajstić information content (AvgIpc) is 3.59. The summed E-state index contributed by atoms with van der Waals surface area (Å²) in [6.07, 6.45) is 4.74. The molecule has 4 aromatic rings. The van der Waals surface area contributed by atoms with Crippen LogP contribution in [-0.4, -0.2) is 25.1 Å². The van der Waals surface area contributed by atoms with E-state index in [9.17, 15) is 0 Å². The van der Waals surface area contributed by atoms with E-state index in [0.29, 0.717) is 6.04 Å². The Bertz CT molecular complexity index is 1100. The summed E-state index contributed by atoms with van der Waals surface area (Å²) in [4.78, 5) is 3.79. The normalized spacial score (nSPS) is 15.4. The fourth-order valence-corrected chi connectivity index (χ4v) is 5.47. The number of hydrogen-bond acceptors (Lipinski definition) is 5. The zero-order chi connectivity index (χ0) is 21.8. The molecule has 1 atom stereocenters. The fourth-order valence-electron chi connectivity index (χ4n) is 4.62. The van der Waals surface area contributed by atoms with Gasteiger partial charge in [-0.05, 0) is 58.0 Å². The molecule has 0 amide bonds. The fraction of sp³-hybridized carbons (Fsp3) is 0.320. The molecule has 1 aliphatic carbocycles. The molecule has 0 radical (unpaired) electrons. The topological polar surface area (TPSA) is 46.8 Å². The lowest BCUT2D eigenvalue weighted by Gasteiger charge is -2.32. The maximum Gasteiger partial charge on any atom is 0.173 e. The van der Waals surface area contributed by atoms with E-state index in [1.807, 2.05) is 12.1 Å². The maximum atomic E-state index is 6.24. The number of hydrogen-bond donors (Lipinski definition) is 0. The quantitative estimate of drug-likeness (QED) is 0.308. The highest BCUT2D eigenvalue weighted by atomic mass is 35.5. The number of halogens is 1. The molecule has 7 heteroatoms. The van der Waals surface area contributed by atoms with E-state index in [4.69, 9.17) is 11.6 Å². The molecule has 0 bridgehead atoms. The van der Waals surface area contributed by atoms with Crippen molar-refractivity contribution >= 4 is 22.9 Å². The molecule has 0 unspecified atom stereocenters. The highest BCUT2D eigenvalue weighted by Crippen LogP contribution is 2.36. The summed E-state index contributed by atoms with van der Waals surface area (Å²) in [5, 5.41) is 16.0. The van der Waals surface area contributed by atoms with Crippen LogP contribution in [0.4, 0.5) is 0 Å². The third-order valence-electron chi connectivity index (χ3n) is 6.15. The molecule has 0 spiro atoms. The molecule has 1 saturated carbocycles. The van der Waals surface area contributed by atoms with Crippen molar-refractivity contribution in [2.24, 2.45) is 0 Å². The Hall–Kier alpha value is -2.54. The third-order valence-corrected chi connectivity index (χ3v) is 7.26. The van der Waals surface area contributed by atoms with Crippen molar-refractivity contribution in [2.45, 2.75) is 50.9 Å². The first-order chi connectivity index (χ1) is 15.8. The van der Waals surface area contributed by atoms with E-state index in [2.05, 4.69) is 85.1 Å². The Morgan fingerprint density at radius 2 is 1.75 bits per heavy atom. The summed E-state index contributed by atoms with van der Waals surface area (Å²) < 4.78 is 2.08. The van der Waals surface area contributed by atoms with Crippen molar-refractivity contribution in [1.82, 2.24) is 25.1 Å². The van der Waals surface area contributed by atoms with E-state index in [1.165, 1.54) is 23.3 Å². The van der Waals surface area contributed by atoms with Gasteiger partial charge < -0.3 is 0 Å². The molecule has 0 N–H and O–H groups in total. The molecule has 2 aromatic heterocycles. The van der Waals surface area contributed by atoms with Gasteiger partial charge in [0.15, 0.2) is 5.82 Å². The van der Waals surface area contributed by atoms with Gasteiger partial charge in [0.1, 0.15) is 0 Å². The molecule has 5 nitrogen and oxygen atoms in total. The van der Waals surface area contributed by atoms with Gasteiger partial charge in [-0.25, -0.2) is 4.68 Å². The Balaban J connectivity index is 1.59. The van der Waals surface area contributed by atoms with Crippen LogP contribution in [0, 0.1) is 0 Å². The largest absolute Gasteiger partial charge is 0.280 e. The predicted molar refractivity (Wildman–Crippen MR) is 129 cm³/mol. The van der Waals surface area contributed by atoms with Gasteiger partial charge >= 0.3 is 0 Å². The molecular weight excluding hydrogens is 438 g/mol. The van der Waals surface area contributed by atoms with Gasteiger partial charge in [-0.15, -0.1) is 16.4 Å². The van der Waals surface area contributed by atoms with Crippen LogP contribution in [-0.2, 0) is 13.1 Å². The second-order valence-corrected chi connectivity index (χ2v) is 9.81. The van der Waals surface area contributed by atoms with Crippen LogP contribution >= 0.6 is 22.9 Å². The van der Waals surface area contributed by atoms with E-state index in [-0.39, 0.29) is 6.04 Å². The second kappa shape index (κ2) is 9.94. The predicted octanol–water partition coefficient (Wildman–Crippen LogP) is 6.29. The van der Waals surface area contributed by atoms with Crippen molar-refractivity contribution in [3.63, 3.8) is 0 Å². The maximum absolute atomic E-state index is 6.24. The summed E-state index contributed by atoms with van der Waals surface area (Å²) in [5.41, 5.74) is 2.42. The lowest BCUT2D eigenvalue weighted by atomic mass is 10.0. The molecule has 1 aliphatic rings. The molecule has 2 aromatic carbocycles. The number of rotatable bonds is 8. The Kier molecular flexibility index (Phi) is 6.62. The SMILES string of the molecule is Clc1ccc([C@@H](c2nnnn2C2CCCC2)N(Cc2ccccc2)Cc2cccs2)cc1. The van der Waals surface area contributed by atoms with Crippen molar-refractivity contribution < 1.29 is 0 Å². The summed E-state index contributed by atoms with van der Waals surface area (Å²) in [6, 6.07) is 23.3. The van der Waals surface area contributed by atoms with Gasteiger partial charge in [-0.2, -0.15) is 0 Å².